The van der Waals surface area contributed by atoms with Crippen LogP contribution < -0.4 is 5.32 Å². The summed E-state index contributed by atoms with van der Waals surface area (Å²) in [6.07, 6.45) is 4.58. The average Bonchev–Trinajstić information content (AvgIpc) is 3.21. The van der Waals surface area contributed by atoms with Crippen LogP contribution in [-0.2, 0) is 24.4 Å². The number of nitrogens with one attached hydrogen (secondary N) is 1. The molecule has 0 unspecified atom stereocenters. The van der Waals surface area contributed by atoms with Crippen molar-refractivity contribution in [3.05, 3.63) is 41.5 Å². The summed E-state index contributed by atoms with van der Waals surface area (Å²) < 4.78 is 7.38. The van der Waals surface area contributed by atoms with Crippen LogP contribution in [0.3, 0.4) is 0 Å². The number of hydrogen-bond acceptors (Lipinski definition) is 4. The van der Waals surface area contributed by atoms with Gasteiger partial charge in [-0.15, -0.1) is 0 Å². The third-order valence-electron chi connectivity index (χ3n) is 4.90. The van der Waals surface area contributed by atoms with E-state index in [0.717, 1.165) is 37.6 Å². The maximum absolute atomic E-state index is 12.6. The number of amides is 1. The molecule has 1 aliphatic heterocycles. The molecular formula is C18H24N4O2. The van der Waals surface area contributed by atoms with Crippen molar-refractivity contribution in [2.45, 2.75) is 39.4 Å². The van der Waals surface area contributed by atoms with Crippen molar-refractivity contribution in [3.63, 3.8) is 0 Å². The predicted molar refractivity (Wildman–Crippen MR) is 89.0 cm³/mol. The summed E-state index contributed by atoms with van der Waals surface area (Å²) in [6.45, 7) is 5.74. The van der Waals surface area contributed by atoms with Crippen molar-refractivity contribution >= 4 is 5.91 Å². The first-order chi connectivity index (χ1) is 11.7. The fourth-order valence-electron chi connectivity index (χ4n) is 3.39. The van der Waals surface area contributed by atoms with Gasteiger partial charge in [0.25, 0.3) is 0 Å². The van der Waals surface area contributed by atoms with Crippen LogP contribution >= 0.6 is 0 Å². The van der Waals surface area contributed by atoms with Gasteiger partial charge < -0.3 is 14.4 Å². The van der Waals surface area contributed by atoms with Crippen molar-refractivity contribution in [1.82, 2.24) is 19.9 Å². The van der Waals surface area contributed by atoms with Crippen molar-refractivity contribution in [2.75, 3.05) is 13.1 Å². The van der Waals surface area contributed by atoms with E-state index in [0.29, 0.717) is 12.5 Å². The van der Waals surface area contributed by atoms with E-state index >= 15 is 0 Å². The van der Waals surface area contributed by atoms with Gasteiger partial charge in [0, 0.05) is 50.7 Å². The molecule has 6 nitrogen and oxygen atoms in total. The largest absolute Gasteiger partial charge is 0.361 e. The molecule has 1 saturated carbocycles. The van der Waals surface area contributed by atoms with Gasteiger partial charge in [0.15, 0.2) is 0 Å². The van der Waals surface area contributed by atoms with Crippen LogP contribution in [0.4, 0.5) is 0 Å². The molecule has 1 N–H and O–H groups in total. The lowest BCUT2D eigenvalue weighted by atomic mass is 10.1. The Morgan fingerprint density at radius 3 is 3.04 bits per heavy atom. The lowest BCUT2D eigenvalue weighted by Gasteiger charge is -2.22. The highest BCUT2D eigenvalue weighted by molar-refractivity contribution is 5.78. The fraction of sp³-hybridized carbons (Fsp3) is 0.556. The number of carbonyl (C=O) groups is 1. The van der Waals surface area contributed by atoms with Crippen molar-refractivity contribution < 1.29 is 9.32 Å². The van der Waals surface area contributed by atoms with Crippen LogP contribution in [-0.4, -0.2) is 33.6 Å². The van der Waals surface area contributed by atoms with Crippen LogP contribution in [0.15, 0.2) is 28.9 Å². The summed E-state index contributed by atoms with van der Waals surface area (Å²) in [5.41, 5.74) is 2.16. The second-order valence-corrected chi connectivity index (χ2v) is 7.14. The highest BCUT2D eigenvalue weighted by Crippen LogP contribution is 2.28. The van der Waals surface area contributed by atoms with Gasteiger partial charge in [-0.1, -0.05) is 5.16 Å². The summed E-state index contributed by atoms with van der Waals surface area (Å²) >= 11 is 0. The molecule has 0 bridgehead atoms. The number of rotatable bonds is 5. The zero-order valence-corrected chi connectivity index (χ0v) is 14.1. The van der Waals surface area contributed by atoms with E-state index in [1.54, 1.807) is 0 Å². The third-order valence-corrected chi connectivity index (χ3v) is 4.90. The normalized spacial score (nSPS) is 21.3. The highest BCUT2D eigenvalue weighted by atomic mass is 16.5. The Hall–Kier alpha value is -2.08. The van der Waals surface area contributed by atoms with Gasteiger partial charge in [-0.05, 0) is 37.8 Å². The minimum Gasteiger partial charge on any atom is -0.361 e. The molecule has 6 heteroatoms. The Labute approximate surface area is 141 Å². The topological polar surface area (TPSA) is 63.3 Å². The number of nitrogens with zero attached hydrogens (tertiary/aromatic N) is 3. The molecule has 2 aliphatic rings. The van der Waals surface area contributed by atoms with E-state index in [4.69, 9.17) is 4.52 Å². The van der Waals surface area contributed by atoms with Gasteiger partial charge in [0.1, 0.15) is 5.76 Å². The minimum atomic E-state index is -0.0367. The Kier molecular flexibility index (Phi) is 4.14. The van der Waals surface area contributed by atoms with Gasteiger partial charge in [0.05, 0.1) is 11.6 Å². The summed E-state index contributed by atoms with van der Waals surface area (Å²) in [7, 11) is 0. The van der Waals surface area contributed by atoms with Crippen molar-refractivity contribution in [2.24, 2.45) is 11.8 Å². The van der Waals surface area contributed by atoms with E-state index < -0.39 is 0 Å². The molecule has 3 heterocycles. The number of carbonyl (C=O) groups excluding carboxylic acids is 1. The second-order valence-electron chi connectivity index (χ2n) is 7.14. The SMILES string of the molecule is Cc1cc(CN2Cc3cccn3C[C@H](C(=O)NCC3CC3)C2)no1. The van der Waals surface area contributed by atoms with Gasteiger partial charge in [-0.2, -0.15) is 0 Å². The fourth-order valence-corrected chi connectivity index (χ4v) is 3.39. The molecule has 0 spiro atoms. The standard InChI is InChI=1S/C18H24N4O2/c1-13-7-16(20-24-13)11-21-9-15(18(23)19-8-14-4-5-14)10-22-6-2-3-17(22)12-21/h2-3,6-7,14-15H,4-5,8-12H2,1H3,(H,19,23)/t15-/m1/s1. The van der Waals surface area contributed by atoms with Crippen LogP contribution in [0.5, 0.6) is 0 Å². The predicted octanol–water partition coefficient (Wildman–Crippen LogP) is 1.94. The first kappa shape index (κ1) is 15.4. The third kappa shape index (κ3) is 3.53. The molecule has 24 heavy (non-hydrogen) atoms. The quantitative estimate of drug-likeness (QED) is 0.911. The van der Waals surface area contributed by atoms with E-state index in [1.165, 1.54) is 18.5 Å². The summed E-state index contributed by atoms with van der Waals surface area (Å²) in [5.74, 6) is 1.66. The number of hydrogen-bond donors (Lipinski definition) is 1. The lowest BCUT2D eigenvalue weighted by Crippen LogP contribution is -2.39. The second kappa shape index (κ2) is 6.43. The maximum atomic E-state index is 12.6. The van der Waals surface area contributed by atoms with Crippen molar-refractivity contribution in [3.8, 4) is 0 Å². The molecule has 1 aliphatic carbocycles. The first-order valence-corrected chi connectivity index (χ1v) is 8.73. The lowest BCUT2D eigenvalue weighted by molar-refractivity contribution is -0.126. The average molecular weight is 328 g/mol. The van der Waals surface area contributed by atoms with E-state index in [2.05, 4.69) is 38.3 Å². The molecule has 128 valence electrons. The molecule has 0 aromatic carbocycles. The molecule has 2 aromatic rings. The molecule has 2 aromatic heterocycles. The highest BCUT2D eigenvalue weighted by Gasteiger charge is 2.29. The summed E-state index contributed by atoms with van der Waals surface area (Å²) in [6, 6.07) is 6.15. The van der Waals surface area contributed by atoms with E-state index in [-0.39, 0.29) is 11.8 Å². The summed E-state index contributed by atoms with van der Waals surface area (Å²) in [5, 5.41) is 7.24. The van der Waals surface area contributed by atoms with E-state index in [9.17, 15) is 4.79 Å². The van der Waals surface area contributed by atoms with Gasteiger partial charge >= 0.3 is 0 Å². The Morgan fingerprint density at radius 1 is 1.42 bits per heavy atom. The Morgan fingerprint density at radius 2 is 2.29 bits per heavy atom. The number of aromatic nitrogens is 2. The van der Waals surface area contributed by atoms with E-state index in [1.807, 2.05) is 13.0 Å². The minimum absolute atomic E-state index is 0.0367. The van der Waals surface area contributed by atoms with Gasteiger partial charge in [-0.25, -0.2) is 0 Å². The Balaban J connectivity index is 1.48. The molecule has 4 rings (SSSR count). The van der Waals surface area contributed by atoms with Crippen LogP contribution in [0.25, 0.3) is 0 Å². The summed E-state index contributed by atoms with van der Waals surface area (Å²) in [4.78, 5) is 14.9. The van der Waals surface area contributed by atoms with Gasteiger partial charge in [0.2, 0.25) is 5.91 Å². The van der Waals surface area contributed by atoms with Crippen molar-refractivity contribution in [1.29, 1.82) is 0 Å². The van der Waals surface area contributed by atoms with Crippen LogP contribution in [0.1, 0.15) is 30.0 Å². The van der Waals surface area contributed by atoms with Gasteiger partial charge in [-0.3, -0.25) is 9.69 Å². The molecule has 1 fully saturated rings. The number of fused-ring (bicyclic) bond motifs is 1. The zero-order valence-electron chi connectivity index (χ0n) is 14.1. The molecule has 0 saturated heterocycles. The molecule has 1 atom stereocenters. The molecule has 0 radical (unpaired) electrons. The Bertz CT molecular complexity index is 716. The zero-order chi connectivity index (χ0) is 16.5. The monoisotopic (exact) mass is 328 g/mol. The smallest absolute Gasteiger partial charge is 0.226 e. The van der Waals surface area contributed by atoms with Crippen LogP contribution in [0, 0.1) is 18.8 Å². The number of aryl methyl sites for hydroxylation is 1. The molecular weight excluding hydrogens is 304 g/mol. The van der Waals surface area contributed by atoms with Crippen LogP contribution in [0.2, 0.25) is 0 Å². The first-order valence-electron chi connectivity index (χ1n) is 8.73. The maximum Gasteiger partial charge on any atom is 0.226 e. The molecule has 1 amide bonds.